The molecule has 3 heterocycles. The van der Waals surface area contributed by atoms with Crippen molar-refractivity contribution in [1.82, 2.24) is 14.9 Å². The fourth-order valence-electron chi connectivity index (χ4n) is 4.84. The normalized spacial score (nSPS) is 16.5. The number of carbonyl (C=O) groups excluding carboxylic acids is 2. The van der Waals surface area contributed by atoms with Crippen LogP contribution in [0.4, 0.5) is 11.4 Å². The molecular formula is C29H27N5O4S. The molecule has 0 radical (unpaired) electrons. The van der Waals surface area contributed by atoms with Gasteiger partial charge in [0, 0.05) is 36.4 Å². The molecule has 2 aromatic carbocycles. The van der Waals surface area contributed by atoms with Gasteiger partial charge in [-0.25, -0.2) is 4.79 Å². The maximum Gasteiger partial charge on any atom is 0.337 e. The lowest BCUT2D eigenvalue weighted by atomic mass is 10.0. The fraction of sp³-hybridized carbons (Fsp3) is 0.172. The number of hydrogen-bond donors (Lipinski definition) is 2. The summed E-state index contributed by atoms with van der Waals surface area (Å²) in [6.07, 6.45) is 3.69. The SMILES string of the molecule is COC(=O)c1cccc(-n2cccc2[C@@H]2[C@H](c3ccccn3)NC(=S)N2c2ccc(OC)c(NC(C)=O)c2)c1. The predicted molar refractivity (Wildman–Crippen MR) is 152 cm³/mol. The molecule has 9 nitrogen and oxygen atoms in total. The molecule has 0 unspecified atom stereocenters. The number of hydrogen-bond acceptors (Lipinski definition) is 6. The maximum atomic E-state index is 12.2. The van der Waals surface area contributed by atoms with Crippen molar-refractivity contribution in [2.45, 2.75) is 19.0 Å². The molecule has 39 heavy (non-hydrogen) atoms. The zero-order valence-electron chi connectivity index (χ0n) is 21.6. The van der Waals surface area contributed by atoms with Crippen LogP contribution in [0.2, 0.25) is 0 Å². The number of nitrogens with zero attached hydrogens (tertiary/aromatic N) is 3. The Morgan fingerprint density at radius 2 is 1.85 bits per heavy atom. The second-order valence-corrected chi connectivity index (χ2v) is 9.29. The van der Waals surface area contributed by atoms with Crippen molar-refractivity contribution < 1.29 is 19.1 Å². The second kappa shape index (κ2) is 11.0. The number of nitrogens with one attached hydrogen (secondary N) is 2. The highest BCUT2D eigenvalue weighted by atomic mass is 32.1. The van der Waals surface area contributed by atoms with Gasteiger partial charge in [-0.05, 0) is 72.9 Å². The molecule has 0 aliphatic carbocycles. The van der Waals surface area contributed by atoms with Crippen molar-refractivity contribution in [2.24, 2.45) is 0 Å². The van der Waals surface area contributed by atoms with Gasteiger partial charge in [-0.2, -0.15) is 0 Å². The third kappa shape index (κ3) is 5.06. The summed E-state index contributed by atoms with van der Waals surface area (Å²) in [4.78, 5) is 30.8. The van der Waals surface area contributed by atoms with E-state index in [1.54, 1.807) is 31.5 Å². The number of thiocarbonyl (C=S) groups is 1. The summed E-state index contributed by atoms with van der Waals surface area (Å²) in [5, 5.41) is 6.80. The van der Waals surface area contributed by atoms with Crippen LogP contribution in [0.25, 0.3) is 5.69 Å². The van der Waals surface area contributed by atoms with Gasteiger partial charge in [0.25, 0.3) is 0 Å². The topological polar surface area (TPSA) is 97.7 Å². The average molecular weight is 542 g/mol. The van der Waals surface area contributed by atoms with Crippen molar-refractivity contribution in [3.05, 3.63) is 102 Å². The van der Waals surface area contributed by atoms with Gasteiger partial charge < -0.3 is 29.6 Å². The number of methoxy groups -OCH3 is 2. The van der Waals surface area contributed by atoms with E-state index in [2.05, 4.69) is 15.6 Å². The van der Waals surface area contributed by atoms with Crippen LogP contribution in [-0.4, -0.2) is 40.8 Å². The molecule has 0 saturated carbocycles. The highest BCUT2D eigenvalue weighted by molar-refractivity contribution is 7.80. The molecule has 2 N–H and O–H groups in total. The zero-order chi connectivity index (χ0) is 27.5. The molecular weight excluding hydrogens is 514 g/mol. The predicted octanol–water partition coefficient (Wildman–Crippen LogP) is 4.80. The summed E-state index contributed by atoms with van der Waals surface area (Å²) >= 11 is 5.87. The summed E-state index contributed by atoms with van der Waals surface area (Å²) < 4.78 is 12.4. The van der Waals surface area contributed by atoms with E-state index in [0.717, 1.165) is 22.8 Å². The van der Waals surface area contributed by atoms with Crippen LogP contribution >= 0.6 is 12.2 Å². The van der Waals surface area contributed by atoms with Gasteiger partial charge in [0.2, 0.25) is 5.91 Å². The Bertz CT molecular complexity index is 1540. The lowest BCUT2D eigenvalue weighted by molar-refractivity contribution is -0.114. The molecule has 2 aromatic heterocycles. The van der Waals surface area contributed by atoms with Crippen LogP contribution in [0.1, 0.15) is 40.8 Å². The second-order valence-electron chi connectivity index (χ2n) is 8.91. The third-order valence-corrected chi connectivity index (χ3v) is 6.81. The Hall–Kier alpha value is -4.70. The summed E-state index contributed by atoms with van der Waals surface area (Å²) in [7, 11) is 2.91. The highest BCUT2D eigenvalue weighted by Gasteiger charge is 2.42. The van der Waals surface area contributed by atoms with Crippen molar-refractivity contribution in [3.63, 3.8) is 0 Å². The number of anilines is 2. The number of amides is 1. The molecule has 1 fully saturated rings. The van der Waals surface area contributed by atoms with Crippen molar-refractivity contribution >= 4 is 40.6 Å². The average Bonchev–Trinajstić information content (AvgIpc) is 3.57. The van der Waals surface area contributed by atoms with Crippen LogP contribution in [-0.2, 0) is 9.53 Å². The quantitative estimate of drug-likeness (QED) is 0.254. The molecule has 2 atom stereocenters. The molecule has 1 aliphatic heterocycles. The zero-order valence-corrected chi connectivity index (χ0v) is 22.4. The molecule has 1 saturated heterocycles. The summed E-state index contributed by atoms with van der Waals surface area (Å²) in [6.45, 7) is 1.45. The van der Waals surface area contributed by atoms with Crippen molar-refractivity contribution in [1.29, 1.82) is 0 Å². The molecule has 10 heteroatoms. The van der Waals surface area contributed by atoms with Gasteiger partial charge in [0.15, 0.2) is 5.11 Å². The first-order valence-electron chi connectivity index (χ1n) is 12.2. The Labute approximate surface area is 231 Å². The molecule has 198 valence electrons. The first-order valence-corrected chi connectivity index (χ1v) is 12.6. The fourth-order valence-corrected chi connectivity index (χ4v) is 5.18. The summed E-state index contributed by atoms with van der Waals surface area (Å²) in [5.74, 6) is -0.0892. The molecule has 1 aliphatic rings. The lowest BCUT2D eigenvalue weighted by Crippen LogP contribution is -2.30. The van der Waals surface area contributed by atoms with E-state index in [9.17, 15) is 9.59 Å². The van der Waals surface area contributed by atoms with E-state index in [-0.39, 0.29) is 18.0 Å². The maximum absolute atomic E-state index is 12.2. The summed E-state index contributed by atoms with van der Waals surface area (Å²) in [6, 6.07) is 21.9. The number of aromatic nitrogens is 2. The minimum absolute atomic E-state index is 0.213. The van der Waals surface area contributed by atoms with Crippen LogP contribution in [0.5, 0.6) is 5.75 Å². The molecule has 5 rings (SSSR count). The molecule has 0 bridgehead atoms. The first-order chi connectivity index (χ1) is 18.9. The Morgan fingerprint density at radius 1 is 1.00 bits per heavy atom. The number of ether oxygens (including phenoxy) is 2. The van der Waals surface area contributed by atoms with Gasteiger partial charge in [-0.15, -0.1) is 0 Å². The molecule has 1 amide bonds. The third-order valence-electron chi connectivity index (χ3n) is 6.50. The molecule has 0 spiro atoms. The molecule has 4 aromatic rings. The Morgan fingerprint density at radius 3 is 2.56 bits per heavy atom. The van der Waals surface area contributed by atoms with Gasteiger partial charge >= 0.3 is 5.97 Å². The number of rotatable bonds is 7. The van der Waals surface area contributed by atoms with E-state index in [1.807, 2.05) is 70.3 Å². The standard InChI is InChI=1S/C29H27N5O4S/c1-18(35)31-23-17-21(12-13-25(23)37-2)34-27(26(32-29(34)39)22-10-4-5-14-30-22)24-11-7-15-33(24)20-9-6-8-19(16-20)28(36)38-3/h4-17,26-27H,1-3H3,(H,31,35)(H,32,39)/t26-,27+/m0/s1. The Balaban J connectivity index is 1.66. The van der Waals surface area contributed by atoms with E-state index in [4.69, 9.17) is 21.7 Å². The van der Waals surface area contributed by atoms with E-state index < -0.39 is 5.97 Å². The minimum Gasteiger partial charge on any atom is -0.495 e. The van der Waals surface area contributed by atoms with Crippen LogP contribution in [0.15, 0.2) is 85.2 Å². The minimum atomic E-state index is -0.411. The van der Waals surface area contributed by atoms with E-state index in [1.165, 1.54) is 14.0 Å². The highest BCUT2D eigenvalue weighted by Crippen LogP contribution is 2.43. The Kier molecular flexibility index (Phi) is 7.29. The number of benzene rings is 2. The van der Waals surface area contributed by atoms with Crippen molar-refractivity contribution in [2.75, 3.05) is 24.4 Å². The van der Waals surface area contributed by atoms with E-state index in [0.29, 0.717) is 22.1 Å². The largest absolute Gasteiger partial charge is 0.495 e. The number of carbonyl (C=O) groups is 2. The smallest absolute Gasteiger partial charge is 0.337 e. The van der Waals surface area contributed by atoms with Gasteiger partial charge in [0.05, 0.1) is 37.2 Å². The van der Waals surface area contributed by atoms with Crippen LogP contribution in [0.3, 0.4) is 0 Å². The lowest BCUT2D eigenvalue weighted by Gasteiger charge is -2.29. The first kappa shape index (κ1) is 25.9. The van der Waals surface area contributed by atoms with Crippen LogP contribution in [0, 0.1) is 0 Å². The summed E-state index contributed by atoms with van der Waals surface area (Å²) in [5.41, 5.74) is 4.27. The number of esters is 1. The van der Waals surface area contributed by atoms with Gasteiger partial charge in [-0.1, -0.05) is 12.1 Å². The van der Waals surface area contributed by atoms with Crippen LogP contribution < -0.4 is 20.3 Å². The monoisotopic (exact) mass is 541 g/mol. The van der Waals surface area contributed by atoms with Gasteiger partial charge in [-0.3, -0.25) is 9.78 Å². The van der Waals surface area contributed by atoms with Crippen molar-refractivity contribution in [3.8, 4) is 11.4 Å². The van der Waals surface area contributed by atoms with Gasteiger partial charge in [0.1, 0.15) is 11.8 Å². The number of pyridine rings is 1. The van der Waals surface area contributed by atoms with E-state index >= 15 is 0 Å².